The number of nitrogens with two attached hydrogens (primary N) is 1. The molecule has 1 aromatic carbocycles. The van der Waals surface area contributed by atoms with Crippen LogP contribution in [0.4, 0.5) is 11.4 Å². The Morgan fingerprint density at radius 1 is 1.53 bits per heavy atom. The van der Waals surface area contributed by atoms with Gasteiger partial charge in [0.15, 0.2) is 0 Å². The number of benzene rings is 1. The summed E-state index contributed by atoms with van der Waals surface area (Å²) < 4.78 is 0. The second-order valence-corrected chi connectivity index (χ2v) is 4.99. The molecule has 1 aromatic rings. The van der Waals surface area contributed by atoms with Crippen molar-refractivity contribution in [1.29, 1.82) is 0 Å². The summed E-state index contributed by atoms with van der Waals surface area (Å²) in [6.45, 7) is 3.27. The molecule has 0 spiro atoms. The highest BCUT2D eigenvalue weighted by Crippen LogP contribution is 2.22. The topological polar surface area (TPSA) is 67.6 Å². The van der Waals surface area contributed by atoms with E-state index in [9.17, 15) is 4.79 Å². The fraction of sp³-hybridized carbons (Fsp3) is 0.462. The Bertz CT molecular complexity index is 461. The van der Waals surface area contributed by atoms with E-state index >= 15 is 0 Å². The second kappa shape index (κ2) is 6.23. The first-order valence-corrected chi connectivity index (χ1v) is 6.71. The minimum absolute atomic E-state index is 0.122. The number of hydrogen-bond donors (Lipinski definition) is 2. The van der Waals surface area contributed by atoms with Gasteiger partial charge in [0, 0.05) is 12.2 Å². The number of halogens is 1. The lowest BCUT2D eigenvalue weighted by atomic mass is 10.2. The van der Waals surface area contributed by atoms with Crippen LogP contribution in [0.5, 0.6) is 0 Å². The Hall–Kier alpha value is -1.30. The van der Waals surface area contributed by atoms with E-state index in [1.165, 1.54) is 0 Å². The van der Waals surface area contributed by atoms with Crippen LogP contribution in [0.2, 0.25) is 5.02 Å². The van der Waals surface area contributed by atoms with Crippen LogP contribution in [0.1, 0.15) is 19.8 Å². The lowest BCUT2D eigenvalue weighted by Gasteiger charge is -2.30. The van der Waals surface area contributed by atoms with E-state index in [1.54, 1.807) is 23.3 Å². The van der Waals surface area contributed by atoms with Crippen LogP contribution in [-0.2, 0) is 9.63 Å². The molecule has 1 aliphatic rings. The Morgan fingerprint density at radius 2 is 2.32 bits per heavy atom. The summed E-state index contributed by atoms with van der Waals surface area (Å²) in [7, 11) is 0. The van der Waals surface area contributed by atoms with Gasteiger partial charge in [0.1, 0.15) is 6.04 Å². The summed E-state index contributed by atoms with van der Waals surface area (Å²) in [6.07, 6.45) is 2.09. The molecule has 0 saturated carbocycles. The van der Waals surface area contributed by atoms with Crippen LogP contribution in [0.3, 0.4) is 0 Å². The second-order valence-electron chi connectivity index (χ2n) is 4.58. The lowest BCUT2D eigenvalue weighted by molar-refractivity contribution is -0.202. The summed E-state index contributed by atoms with van der Waals surface area (Å²) in [5.74, 6) is -0.122. The number of hydroxylamine groups is 2. The van der Waals surface area contributed by atoms with Crippen molar-refractivity contribution in [3.05, 3.63) is 23.2 Å². The Labute approximate surface area is 117 Å². The van der Waals surface area contributed by atoms with Gasteiger partial charge in [-0.3, -0.25) is 9.63 Å². The molecule has 1 aliphatic heterocycles. The van der Waals surface area contributed by atoms with Crippen LogP contribution in [0, 0.1) is 0 Å². The third kappa shape index (κ3) is 3.59. The molecule has 3 N–H and O–H groups in total. The molecule has 1 atom stereocenters. The molecule has 1 saturated heterocycles. The van der Waals surface area contributed by atoms with E-state index in [2.05, 4.69) is 5.32 Å². The molecule has 0 bridgehead atoms. The third-order valence-electron chi connectivity index (χ3n) is 3.10. The highest BCUT2D eigenvalue weighted by Gasteiger charge is 2.24. The van der Waals surface area contributed by atoms with Crippen molar-refractivity contribution in [2.24, 2.45) is 0 Å². The van der Waals surface area contributed by atoms with Crippen molar-refractivity contribution in [1.82, 2.24) is 5.06 Å². The zero-order chi connectivity index (χ0) is 13.8. The summed E-state index contributed by atoms with van der Waals surface area (Å²) in [5.41, 5.74) is 6.78. The minimum atomic E-state index is -0.336. The van der Waals surface area contributed by atoms with Gasteiger partial charge in [-0.2, -0.15) is 5.06 Å². The molecule has 1 unspecified atom stereocenters. The molecule has 6 heteroatoms. The van der Waals surface area contributed by atoms with Crippen molar-refractivity contribution in [2.45, 2.75) is 25.8 Å². The molecule has 0 aromatic heterocycles. The van der Waals surface area contributed by atoms with Gasteiger partial charge in [0.2, 0.25) is 5.91 Å². The normalized spacial score (nSPS) is 18.0. The summed E-state index contributed by atoms with van der Waals surface area (Å²) >= 11 is 5.84. The van der Waals surface area contributed by atoms with Crippen molar-refractivity contribution in [3.63, 3.8) is 0 Å². The number of carbonyl (C=O) groups is 1. The SMILES string of the molecule is CC(C(=O)Nc1ccc(Cl)c(N)c1)N1CCCCO1. The smallest absolute Gasteiger partial charge is 0.243 e. The van der Waals surface area contributed by atoms with Gasteiger partial charge >= 0.3 is 0 Å². The lowest BCUT2D eigenvalue weighted by Crippen LogP contribution is -2.44. The van der Waals surface area contributed by atoms with Gasteiger partial charge in [0.05, 0.1) is 17.3 Å². The van der Waals surface area contributed by atoms with Gasteiger partial charge in [-0.05, 0) is 38.0 Å². The zero-order valence-electron chi connectivity index (χ0n) is 10.9. The molecule has 0 radical (unpaired) electrons. The van der Waals surface area contributed by atoms with Crippen molar-refractivity contribution in [2.75, 3.05) is 24.2 Å². The molecule has 1 fully saturated rings. The predicted octanol–water partition coefficient (Wildman–Crippen LogP) is 2.28. The Balaban J connectivity index is 1.97. The van der Waals surface area contributed by atoms with Gasteiger partial charge in [0.25, 0.3) is 0 Å². The maximum absolute atomic E-state index is 12.1. The van der Waals surface area contributed by atoms with Crippen LogP contribution in [0.15, 0.2) is 18.2 Å². The summed E-state index contributed by atoms with van der Waals surface area (Å²) in [6, 6.07) is 4.69. The van der Waals surface area contributed by atoms with Crippen molar-refractivity contribution in [3.8, 4) is 0 Å². The Morgan fingerprint density at radius 3 is 2.95 bits per heavy atom. The maximum atomic E-state index is 12.1. The molecular formula is C13H18ClN3O2. The summed E-state index contributed by atoms with van der Waals surface area (Å²) in [4.78, 5) is 17.6. The number of hydrogen-bond acceptors (Lipinski definition) is 4. The van der Waals surface area contributed by atoms with Crippen molar-refractivity contribution >= 4 is 28.9 Å². The molecule has 2 rings (SSSR count). The molecule has 1 heterocycles. The fourth-order valence-corrected chi connectivity index (χ4v) is 2.04. The average molecular weight is 284 g/mol. The van der Waals surface area contributed by atoms with Crippen LogP contribution >= 0.6 is 11.6 Å². The predicted molar refractivity (Wildman–Crippen MR) is 75.8 cm³/mol. The number of anilines is 2. The Kier molecular flexibility index (Phi) is 4.63. The first-order valence-electron chi connectivity index (χ1n) is 6.33. The quantitative estimate of drug-likeness (QED) is 0.835. The van der Waals surface area contributed by atoms with Gasteiger partial charge < -0.3 is 11.1 Å². The monoisotopic (exact) mass is 283 g/mol. The van der Waals surface area contributed by atoms with Crippen LogP contribution < -0.4 is 11.1 Å². The summed E-state index contributed by atoms with van der Waals surface area (Å²) in [5, 5.41) is 5.01. The van der Waals surface area contributed by atoms with Crippen molar-refractivity contribution < 1.29 is 9.63 Å². The van der Waals surface area contributed by atoms with E-state index < -0.39 is 0 Å². The van der Waals surface area contributed by atoms with E-state index in [0.29, 0.717) is 23.0 Å². The average Bonchev–Trinajstić information content (AvgIpc) is 2.43. The maximum Gasteiger partial charge on any atom is 0.243 e. The van der Waals surface area contributed by atoms with E-state index in [1.807, 2.05) is 6.92 Å². The van der Waals surface area contributed by atoms with E-state index in [-0.39, 0.29) is 11.9 Å². The first kappa shape index (κ1) is 14.1. The van der Waals surface area contributed by atoms with Gasteiger partial charge in [-0.25, -0.2) is 0 Å². The third-order valence-corrected chi connectivity index (χ3v) is 3.45. The fourth-order valence-electron chi connectivity index (χ4n) is 1.92. The highest BCUT2D eigenvalue weighted by atomic mass is 35.5. The number of nitrogens with zero attached hydrogens (tertiary/aromatic N) is 1. The van der Waals surface area contributed by atoms with E-state index in [4.69, 9.17) is 22.2 Å². The van der Waals surface area contributed by atoms with Crippen LogP contribution in [0.25, 0.3) is 0 Å². The number of rotatable bonds is 3. The first-order chi connectivity index (χ1) is 9.08. The van der Waals surface area contributed by atoms with Gasteiger partial charge in [-0.1, -0.05) is 11.6 Å². The number of nitrogen functional groups attached to an aromatic ring is 1. The molecular weight excluding hydrogens is 266 g/mol. The molecule has 1 amide bonds. The minimum Gasteiger partial charge on any atom is -0.397 e. The van der Waals surface area contributed by atoms with E-state index in [0.717, 1.165) is 19.4 Å². The largest absolute Gasteiger partial charge is 0.397 e. The zero-order valence-corrected chi connectivity index (χ0v) is 11.6. The molecule has 0 aliphatic carbocycles. The number of nitrogens with one attached hydrogen (secondary N) is 1. The molecule has 19 heavy (non-hydrogen) atoms. The van der Waals surface area contributed by atoms with Crippen LogP contribution in [-0.4, -0.2) is 30.2 Å². The molecule has 5 nitrogen and oxygen atoms in total. The van der Waals surface area contributed by atoms with Gasteiger partial charge in [-0.15, -0.1) is 0 Å². The standard InChI is InChI=1S/C13H18ClN3O2/c1-9(17-6-2-3-7-19-17)13(18)16-10-4-5-11(14)12(15)8-10/h4-5,8-9H,2-3,6-7,15H2,1H3,(H,16,18). The number of carbonyl (C=O) groups excluding carboxylic acids is 1. The molecule has 104 valence electrons. The highest BCUT2D eigenvalue weighted by molar-refractivity contribution is 6.33. The number of amides is 1.